The Morgan fingerprint density at radius 3 is 1.84 bits per heavy atom. The molecule has 22 heteroatoms. The normalized spacial score (nSPS) is 12.3. The molecule has 0 aliphatic carbocycles. The van der Waals surface area contributed by atoms with E-state index in [1.54, 1.807) is 61.5 Å². The molecule has 0 aliphatic rings. The molecule has 0 saturated carbocycles. The van der Waals surface area contributed by atoms with Crippen molar-refractivity contribution >= 4 is 104 Å². The van der Waals surface area contributed by atoms with Crippen molar-refractivity contribution in [2.75, 3.05) is 22.1 Å². The smallest absolute Gasteiger partial charge is 0.296 e. The van der Waals surface area contributed by atoms with Gasteiger partial charge < -0.3 is 21.5 Å². The third kappa shape index (κ3) is 11.9. The van der Waals surface area contributed by atoms with Gasteiger partial charge in [0, 0.05) is 33.6 Å². The fourth-order valence-corrected chi connectivity index (χ4v) is 8.71. The van der Waals surface area contributed by atoms with Crippen LogP contribution in [0.2, 0.25) is 0 Å². The predicted octanol–water partition coefficient (Wildman–Crippen LogP) is 9.63. The van der Waals surface area contributed by atoms with Crippen LogP contribution < -0.4 is 16.4 Å². The van der Waals surface area contributed by atoms with Gasteiger partial charge in [-0.1, -0.05) is 6.07 Å². The Balaban J connectivity index is 1.03. The largest absolute Gasteiger partial charge is 0.505 e. The van der Waals surface area contributed by atoms with Gasteiger partial charge in [-0.15, -0.1) is 5.11 Å². The first-order chi connectivity index (χ1) is 31.6. The van der Waals surface area contributed by atoms with Gasteiger partial charge in [0.25, 0.3) is 42.2 Å². The van der Waals surface area contributed by atoms with Crippen molar-refractivity contribution in [3.8, 4) is 5.75 Å². The number of nitrogen functional groups attached to an aromatic ring is 1. The summed E-state index contributed by atoms with van der Waals surface area (Å²) in [5.41, 5.74) is 9.07. The van der Waals surface area contributed by atoms with Gasteiger partial charge in [0.2, 0.25) is 0 Å². The second kappa shape index (κ2) is 19.2. The van der Waals surface area contributed by atoms with Crippen molar-refractivity contribution < 1.29 is 53.6 Å². The summed E-state index contributed by atoms with van der Waals surface area (Å²) in [7, 11) is -13.7. The molecule has 0 fully saturated rings. The Hall–Kier alpha value is -7.47. The van der Waals surface area contributed by atoms with Gasteiger partial charge >= 0.3 is 0 Å². The Morgan fingerprint density at radius 1 is 0.597 bits per heavy atom. The maximum Gasteiger partial charge on any atom is 0.296 e. The summed E-state index contributed by atoms with van der Waals surface area (Å²) >= 11 is 0. The van der Waals surface area contributed by atoms with Crippen LogP contribution >= 0.6 is 0 Å². The summed E-state index contributed by atoms with van der Waals surface area (Å²) in [6.07, 6.45) is 0.605. The zero-order valence-corrected chi connectivity index (χ0v) is 37.5. The second-order valence-corrected chi connectivity index (χ2v) is 19.6. The zero-order chi connectivity index (χ0) is 48.3. The topological polar surface area (TPSA) is 317 Å². The third-order valence-corrected chi connectivity index (χ3v) is 12.8. The van der Waals surface area contributed by atoms with Crippen LogP contribution in [0, 0.1) is 6.92 Å². The third-order valence-electron chi connectivity index (χ3n) is 10.3. The lowest BCUT2D eigenvalue weighted by Gasteiger charge is -2.12. The first-order valence-electron chi connectivity index (χ1n) is 19.9. The van der Waals surface area contributed by atoms with E-state index in [1.807, 2.05) is 0 Å². The van der Waals surface area contributed by atoms with Crippen molar-refractivity contribution in [2.24, 2.45) is 20.5 Å². The van der Waals surface area contributed by atoms with Gasteiger partial charge in [-0.3, -0.25) is 23.2 Å². The number of nitrogens with one attached hydrogen (secondary N) is 2. The summed E-state index contributed by atoms with van der Waals surface area (Å²) in [6.45, 7) is 1.72. The molecule has 0 radical (unpaired) electrons. The molecule has 0 heterocycles. The van der Waals surface area contributed by atoms with E-state index in [0.29, 0.717) is 50.2 Å². The van der Waals surface area contributed by atoms with Gasteiger partial charge in [-0.25, -0.2) is 0 Å². The lowest BCUT2D eigenvalue weighted by atomic mass is 9.99. The number of nitrogens with two attached hydrogens (primary N) is 1. The average Bonchev–Trinajstić information content (AvgIpc) is 3.26. The predicted molar refractivity (Wildman–Crippen MR) is 251 cm³/mol. The van der Waals surface area contributed by atoms with Crippen molar-refractivity contribution in [2.45, 2.75) is 36.0 Å². The minimum atomic E-state index is -4.93. The number of hydrogen-bond donors (Lipinski definition) is 7. The van der Waals surface area contributed by atoms with Crippen LogP contribution in [0.4, 0.5) is 39.8 Å². The van der Waals surface area contributed by atoms with Crippen LogP contribution in [0.5, 0.6) is 5.75 Å². The zero-order valence-electron chi connectivity index (χ0n) is 35.0. The maximum atomic E-state index is 13.2. The van der Waals surface area contributed by atoms with Crippen LogP contribution in [-0.4, -0.2) is 61.6 Å². The van der Waals surface area contributed by atoms with E-state index in [9.17, 15) is 49.1 Å². The quantitative estimate of drug-likeness (QED) is 0.0218. The van der Waals surface area contributed by atoms with E-state index in [0.717, 1.165) is 6.07 Å². The first-order valence-corrected chi connectivity index (χ1v) is 24.4. The van der Waals surface area contributed by atoms with Gasteiger partial charge in [0.05, 0.1) is 27.7 Å². The molecule has 0 saturated heterocycles. The molecule has 0 aliphatic heterocycles. The summed E-state index contributed by atoms with van der Waals surface area (Å²) in [6, 6.07) is 29.9. The van der Waals surface area contributed by atoms with E-state index in [-0.39, 0.29) is 51.9 Å². The van der Waals surface area contributed by atoms with Crippen molar-refractivity contribution in [3.63, 3.8) is 0 Å². The number of phenols is 1. The van der Waals surface area contributed by atoms with Gasteiger partial charge in [0.15, 0.2) is 5.75 Å². The van der Waals surface area contributed by atoms with E-state index in [2.05, 4.69) is 31.1 Å². The molecule has 67 heavy (non-hydrogen) atoms. The lowest BCUT2D eigenvalue weighted by Crippen LogP contribution is -2.11. The monoisotopic (exact) mass is 965 g/mol. The number of nitrogens with zero attached hydrogens (tertiary/aromatic N) is 4. The number of unbranched alkanes of at least 4 members (excludes halogenated alkanes) is 1. The SMILES string of the molecule is Cc1cc(N=Nc2c(S(=O)(=O)O)cc3cc(NC(=O)c4ccc(N)cc4)ccc3c2O)ccc1N=Nc1ccc(C(=O)Nc2ccc3cc(S(=O)(=O)O)cc(CCCCS(=O)(=O)O)c3c2)cc1. The number of hydrogen-bond acceptors (Lipinski definition) is 14. The molecule has 0 spiro atoms. The van der Waals surface area contributed by atoms with Gasteiger partial charge in [-0.05, 0) is 169 Å². The number of rotatable bonds is 15. The minimum absolute atomic E-state index is 0.105. The summed E-state index contributed by atoms with van der Waals surface area (Å²) in [5.74, 6) is -1.98. The van der Waals surface area contributed by atoms with Crippen LogP contribution in [-0.2, 0) is 36.8 Å². The standard InChI is InChI=1S/C45H39N7O12S3/c1-26-20-36(50-52-42-41(67(62,63)64)24-31-21-34(15-17-38(31)43(42)53)47-44(54)27-5-10-32(46)11-6-27)16-18-40(26)51-49-33-12-7-28(8-13-33)45(55)48-35-14-9-30-23-37(66(59,60)61)22-29(39(30)25-35)4-2-3-19-65(56,57)58/h5-18,20-25,53H,2-4,19,46H2,1H3,(H,47,54)(H,48,55)(H,56,57,58)(H,59,60,61)(H,62,63,64). The number of benzene rings is 7. The number of carbonyl (C=O) groups is 2. The Labute approximate surface area is 383 Å². The molecule has 7 aromatic carbocycles. The Morgan fingerprint density at radius 2 is 1.21 bits per heavy atom. The molecule has 0 bridgehead atoms. The number of fused-ring (bicyclic) bond motifs is 2. The number of aromatic hydroxyl groups is 1. The fourth-order valence-electron chi connectivity index (χ4n) is 6.91. The number of carbonyl (C=O) groups excluding carboxylic acids is 2. The summed E-state index contributed by atoms with van der Waals surface area (Å²) in [5, 5.41) is 34.6. The number of azo groups is 2. The molecule has 0 atom stereocenters. The highest BCUT2D eigenvalue weighted by Gasteiger charge is 2.23. The molecule has 7 rings (SSSR count). The van der Waals surface area contributed by atoms with Crippen molar-refractivity contribution in [1.29, 1.82) is 0 Å². The molecule has 344 valence electrons. The van der Waals surface area contributed by atoms with E-state index < -0.39 is 64.3 Å². The molecular weight excluding hydrogens is 927 g/mol. The minimum Gasteiger partial charge on any atom is -0.505 e. The molecule has 0 unspecified atom stereocenters. The van der Waals surface area contributed by atoms with Crippen LogP contribution in [0.25, 0.3) is 21.5 Å². The van der Waals surface area contributed by atoms with E-state index in [4.69, 9.17) is 10.3 Å². The molecular formula is C45H39N7O12S3. The molecule has 0 aromatic heterocycles. The first kappa shape index (κ1) is 47.5. The van der Waals surface area contributed by atoms with E-state index in [1.165, 1.54) is 60.7 Å². The van der Waals surface area contributed by atoms with Crippen molar-refractivity contribution in [1.82, 2.24) is 0 Å². The highest BCUT2D eigenvalue weighted by Crippen LogP contribution is 2.42. The number of anilines is 3. The Kier molecular flexibility index (Phi) is 13.6. The van der Waals surface area contributed by atoms with Gasteiger partial charge in [-0.2, -0.15) is 40.6 Å². The molecule has 8 N–H and O–H groups in total. The lowest BCUT2D eigenvalue weighted by molar-refractivity contribution is 0.101. The molecule has 19 nitrogen and oxygen atoms in total. The Bertz CT molecular complexity index is 3510. The van der Waals surface area contributed by atoms with E-state index >= 15 is 0 Å². The number of aryl methyl sites for hydroxylation is 2. The second-order valence-electron chi connectivity index (χ2n) is 15.2. The fraction of sp³-hybridized carbons (Fsp3) is 0.111. The molecule has 2 amide bonds. The average molecular weight is 966 g/mol. The van der Waals surface area contributed by atoms with Crippen LogP contribution in [0.1, 0.15) is 44.7 Å². The maximum absolute atomic E-state index is 13.2. The van der Waals surface area contributed by atoms with Gasteiger partial charge in [0.1, 0.15) is 10.6 Å². The number of phenolic OH excluding ortho intramolecular Hbond substituents is 1. The highest BCUT2D eigenvalue weighted by molar-refractivity contribution is 7.86. The summed E-state index contributed by atoms with van der Waals surface area (Å²) in [4.78, 5) is 24.9. The summed E-state index contributed by atoms with van der Waals surface area (Å²) < 4.78 is 100.0. The van der Waals surface area contributed by atoms with Crippen LogP contribution in [0.15, 0.2) is 152 Å². The molecule has 7 aromatic rings. The number of amides is 2. The van der Waals surface area contributed by atoms with Crippen molar-refractivity contribution in [3.05, 3.63) is 144 Å². The highest BCUT2D eigenvalue weighted by atomic mass is 32.2. The van der Waals surface area contributed by atoms with Crippen LogP contribution in [0.3, 0.4) is 0 Å².